The lowest BCUT2D eigenvalue weighted by molar-refractivity contribution is 0.250. The Morgan fingerprint density at radius 2 is 1.75 bits per heavy atom. The van der Waals surface area contributed by atoms with Crippen LogP contribution in [-0.4, -0.2) is 22.5 Å². The van der Waals surface area contributed by atoms with Crippen LogP contribution in [0.5, 0.6) is 0 Å². The molecule has 0 aliphatic heterocycles. The first kappa shape index (κ1) is 16.3. The molecule has 0 saturated heterocycles. The third-order valence-electron chi connectivity index (χ3n) is 4.21. The van der Waals surface area contributed by atoms with Crippen molar-refractivity contribution in [2.24, 2.45) is 0 Å². The molecule has 1 rings (SSSR count). The first-order valence-electron chi connectivity index (χ1n) is 6.88. The van der Waals surface area contributed by atoms with Crippen molar-refractivity contribution in [1.82, 2.24) is 9.88 Å². The highest BCUT2D eigenvalue weighted by molar-refractivity contribution is 5.50. The Morgan fingerprint density at radius 1 is 1.20 bits per heavy atom. The zero-order chi connectivity index (χ0) is 15.7. The average Bonchev–Trinajstić information content (AvgIpc) is 2.34. The van der Waals surface area contributed by atoms with Crippen LogP contribution >= 0.6 is 0 Å². The van der Waals surface area contributed by atoms with Crippen molar-refractivity contribution < 1.29 is 0 Å². The van der Waals surface area contributed by atoms with Crippen molar-refractivity contribution >= 4 is 5.82 Å². The van der Waals surface area contributed by atoms with Crippen LogP contribution in [0.3, 0.4) is 0 Å². The maximum Gasteiger partial charge on any atom is 0.134 e. The smallest absolute Gasteiger partial charge is 0.134 e. The lowest BCUT2D eigenvalue weighted by Gasteiger charge is -2.39. The topological polar surface area (TPSA) is 28.2 Å². The highest BCUT2D eigenvalue weighted by Crippen LogP contribution is 2.25. The quantitative estimate of drug-likeness (QED) is 0.816. The molecule has 20 heavy (non-hydrogen) atoms. The summed E-state index contributed by atoms with van der Waals surface area (Å²) in [5.74, 6) is 1.68. The molecule has 3 nitrogen and oxygen atoms in total. The van der Waals surface area contributed by atoms with Crippen LogP contribution in [0.2, 0.25) is 0 Å². The molecule has 3 heteroatoms. The van der Waals surface area contributed by atoms with E-state index in [9.17, 15) is 0 Å². The van der Waals surface area contributed by atoms with E-state index in [4.69, 9.17) is 0 Å². The van der Waals surface area contributed by atoms with Gasteiger partial charge in [-0.25, -0.2) is 4.98 Å². The van der Waals surface area contributed by atoms with Crippen LogP contribution in [0, 0.1) is 20.8 Å². The van der Waals surface area contributed by atoms with E-state index in [1.54, 1.807) is 0 Å². The molecule has 0 unspecified atom stereocenters. The van der Waals surface area contributed by atoms with Crippen molar-refractivity contribution in [1.29, 1.82) is 0 Å². The number of pyridine rings is 1. The summed E-state index contributed by atoms with van der Waals surface area (Å²) in [6.45, 7) is 20.6. The van der Waals surface area contributed by atoms with Gasteiger partial charge in [0.15, 0.2) is 0 Å². The molecule has 0 fully saturated rings. The van der Waals surface area contributed by atoms with Crippen molar-refractivity contribution in [2.75, 3.05) is 12.4 Å². The number of nitrogens with one attached hydrogen (secondary N) is 1. The molecule has 0 spiro atoms. The number of aromatic nitrogens is 1. The van der Waals surface area contributed by atoms with E-state index in [0.29, 0.717) is 0 Å². The summed E-state index contributed by atoms with van der Waals surface area (Å²) in [7, 11) is 2.01. The van der Waals surface area contributed by atoms with Gasteiger partial charge < -0.3 is 10.2 Å². The standard InChI is InChI=1S/C17H27N3/c1-11(2)17(7,8)20(9)15(6)19-16-13(4)10-12(3)14(5)18-16/h10H,1,6H2,2-5,7-9H3,(H,18,19). The summed E-state index contributed by atoms with van der Waals surface area (Å²) in [5, 5.41) is 3.32. The number of likely N-dealkylation sites (N-methyl/N-ethyl adjacent to an activating group) is 1. The van der Waals surface area contributed by atoms with Gasteiger partial charge in [0.05, 0.1) is 11.4 Å². The lowest BCUT2D eigenvalue weighted by atomic mass is 9.95. The zero-order valence-corrected chi connectivity index (χ0v) is 13.9. The first-order valence-corrected chi connectivity index (χ1v) is 6.88. The second-order valence-electron chi connectivity index (χ2n) is 6.03. The fraction of sp³-hybridized carbons (Fsp3) is 0.471. The molecule has 0 saturated carbocycles. The normalized spacial score (nSPS) is 11.2. The molecule has 0 aliphatic rings. The van der Waals surface area contributed by atoms with Gasteiger partial charge in [-0.15, -0.1) is 0 Å². The third kappa shape index (κ3) is 3.21. The molecule has 1 aromatic heterocycles. The SMILES string of the molecule is C=C(Nc1nc(C)c(C)cc1C)N(C)C(C)(C)C(=C)C. The number of nitrogens with zero attached hydrogens (tertiary/aromatic N) is 2. The van der Waals surface area contributed by atoms with E-state index in [1.165, 1.54) is 5.56 Å². The summed E-state index contributed by atoms with van der Waals surface area (Å²) in [4.78, 5) is 6.69. The van der Waals surface area contributed by atoms with E-state index in [1.807, 2.05) is 20.9 Å². The monoisotopic (exact) mass is 273 g/mol. The van der Waals surface area contributed by atoms with E-state index >= 15 is 0 Å². The van der Waals surface area contributed by atoms with Crippen LogP contribution in [0.1, 0.15) is 37.6 Å². The zero-order valence-electron chi connectivity index (χ0n) is 13.9. The fourth-order valence-electron chi connectivity index (χ4n) is 1.81. The first-order chi connectivity index (χ1) is 9.07. The Kier molecular flexibility index (Phi) is 4.64. The second kappa shape index (κ2) is 5.70. The predicted octanol–water partition coefficient (Wildman–Crippen LogP) is 4.18. The predicted molar refractivity (Wildman–Crippen MR) is 87.9 cm³/mol. The molecule has 0 amide bonds. The van der Waals surface area contributed by atoms with E-state index in [2.05, 4.69) is 62.1 Å². The van der Waals surface area contributed by atoms with Crippen molar-refractivity contribution in [2.45, 2.75) is 47.1 Å². The Balaban J connectivity index is 2.97. The van der Waals surface area contributed by atoms with Gasteiger partial charge in [0.2, 0.25) is 0 Å². The van der Waals surface area contributed by atoms with Gasteiger partial charge in [-0.3, -0.25) is 0 Å². The molecule has 0 bridgehead atoms. The molecule has 1 aromatic rings. The number of aryl methyl sites for hydroxylation is 3. The summed E-state index contributed by atoms with van der Waals surface area (Å²) >= 11 is 0. The minimum Gasteiger partial charge on any atom is -0.353 e. The maximum atomic E-state index is 4.60. The minimum atomic E-state index is -0.155. The highest BCUT2D eigenvalue weighted by Gasteiger charge is 2.25. The highest BCUT2D eigenvalue weighted by atomic mass is 15.3. The summed E-state index contributed by atoms with van der Waals surface area (Å²) in [6.07, 6.45) is 0. The molecule has 1 heterocycles. The van der Waals surface area contributed by atoms with Crippen molar-refractivity contribution in [3.05, 3.63) is 47.4 Å². The van der Waals surface area contributed by atoms with Crippen LogP contribution in [-0.2, 0) is 0 Å². The van der Waals surface area contributed by atoms with Gasteiger partial charge in [-0.1, -0.05) is 24.8 Å². The molecule has 0 radical (unpaired) electrons. The molecule has 0 aromatic carbocycles. The summed E-state index contributed by atoms with van der Waals surface area (Å²) in [6, 6.07) is 2.14. The Hall–Kier alpha value is -1.77. The molecular weight excluding hydrogens is 246 g/mol. The molecule has 0 atom stereocenters. The summed E-state index contributed by atoms with van der Waals surface area (Å²) in [5.41, 5.74) is 4.29. The number of hydrogen-bond acceptors (Lipinski definition) is 3. The van der Waals surface area contributed by atoms with Crippen molar-refractivity contribution in [3.8, 4) is 0 Å². The molecule has 1 N–H and O–H groups in total. The lowest BCUT2D eigenvalue weighted by Crippen LogP contribution is -2.42. The van der Waals surface area contributed by atoms with E-state index < -0.39 is 0 Å². The summed E-state index contributed by atoms with van der Waals surface area (Å²) < 4.78 is 0. The Bertz CT molecular complexity index is 541. The number of rotatable bonds is 5. The van der Waals surface area contributed by atoms with Gasteiger partial charge in [-0.05, 0) is 52.7 Å². The van der Waals surface area contributed by atoms with Gasteiger partial charge in [0, 0.05) is 12.7 Å². The van der Waals surface area contributed by atoms with E-state index in [-0.39, 0.29) is 5.54 Å². The number of anilines is 1. The molecular formula is C17H27N3. The van der Waals surface area contributed by atoms with E-state index in [0.717, 1.165) is 28.5 Å². The van der Waals surface area contributed by atoms with Crippen LogP contribution < -0.4 is 5.32 Å². The second-order valence-corrected chi connectivity index (χ2v) is 6.03. The van der Waals surface area contributed by atoms with Gasteiger partial charge >= 0.3 is 0 Å². The van der Waals surface area contributed by atoms with Crippen LogP contribution in [0.15, 0.2) is 30.6 Å². The van der Waals surface area contributed by atoms with Crippen LogP contribution in [0.4, 0.5) is 5.82 Å². The minimum absolute atomic E-state index is 0.155. The molecule has 0 aliphatic carbocycles. The van der Waals surface area contributed by atoms with Crippen LogP contribution in [0.25, 0.3) is 0 Å². The Morgan fingerprint density at radius 3 is 2.25 bits per heavy atom. The molecule has 110 valence electrons. The Labute approximate surface area is 123 Å². The number of hydrogen-bond donors (Lipinski definition) is 1. The fourth-order valence-corrected chi connectivity index (χ4v) is 1.81. The average molecular weight is 273 g/mol. The third-order valence-corrected chi connectivity index (χ3v) is 4.21. The van der Waals surface area contributed by atoms with Gasteiger partial charge in [0.1, 0.15) is 5.82 Å². The van der Waals surface area contributed by atoms with Crippen molar-refractivity contribution in [3.63, 3.8) is 0 Å². The largest absolute Gasteiger partial charge is 0.353 e. The maximum absolute atomic E-state index is 4.60. The van der Waals surface area contributed by atoms with Gasteiger partial charge in [0.25, 0.3) is 0 Å². The van der Waals surface area contributed by atoms with Gasteiger partial charge in [-0.2, -0.15) is 0 Å².